The van der Waals surface area contributed by atoms with Crippen molar-refractivity contribution in [1.29, 1.82) is 0 Å². The van der Waals surface area contributed by atoms with Gasteiger partial charge in [-0.3, -0.25) is 4.79 Å². The Bertz CT molecular complexity index is 1530. The first kappa shape index (κ1) is 31.7. The zero-order chi connectivity index (χ0) is 31.1. The Kier molecular flexibility index (Phi) is 10.5. The van der Waals surface area contributed by atoms with Crippen molar-refractivity contribution in [2.24, 2.45) is 0 Å². The van der Waals surface area contributed by atoms with E-state index in [1.165, 1.54) is 11.1 Å². The van der Waals surface area contributed by atoms with Crippen LogP contribution >= 0.6 is 23.2 Å². The highest BCUT2D eigenvalue weighted by atomic mass is 35.5. The van der Waals surface area contributed by atoms with Crippen LogP contribution < -0.4 is 16.0 Å². The first-order chi connectivity index (χ1) is 20.6. The van der Waals surface area contributed by atoms with Crippen LogP contribution in [0.5, 0.6) is 0 Å². The lowest BCUT2D eigenvalue weighted by molar-refractivity contribution is 0.102. The Morgan fingerprint density at radius 3 is 1.72 bits per heavy atom. The van der Waals surface area contributed by atoms with E-state index in [0.29, 0.717) is 31.1 Å². The Morgan fingerprint density at radius 1 is 0.674 bits per heavy atom. The molecular formula is C31H34Cl2N6O4. The van der Waals surface area contributed by atoms with Crippen molar-refractivity contribution in [1.82, 2.24) is 14.7 Å². The maximum Gasteiger partial charge on any atom is 0.321 e. The van der Waals surface area contributed by atoms with E-state index >= 15 is 0 Å². The highest BCUT2D eigenvalue weighted by Crippen LogP contribution is 2.25. The first-order valence-corrected chi connectivity index (χ1v) is 14.7. The van der Waals surface area contributed by atoms with Gasteiger partial charge < -0.3 is 30.7 Å². The zero-order valence-corrected chi connectivity index (χ0v) is 25.8. The van der Waals surface area contributed by atoms with Gasteiger partial charge in [-0.2, -0.15) is 0 Å². The number of hydrogen-bond donors (Lipinski definition) is 3. The number of amides is 6. The second-order valence-corrected chi connectivity index (χ2v) is 11.0. The lowest BCUT2D eigenvalue weighted by Gasteiger charge is -2.26. The average Bonchev–Trinajstić information content (AvgIpc) is 2.99. The molecular weight excluding hydrogens is 591 g/mol. The number of fused-ring (bicyclic) bond motifs is 3. The van der Waals surface area contributed by atoms with Crippen LogP contribution in [0.4, 0.5) is 31.4 Å². The number of benzene rings is 3. The van der Waals surface area contributed by atoms with Crippen LogP contribution in [0, 0.1) is 0 Å². The highest BCUT2D eigenvalue weighted by molar-refractivity contribution is 6.30. The second-order valence-electron chi connectivity index (χ2n) is 10.4. The maximum atomic E-state index is 11.4. The monoisotopic (exact) mass is 624 g/mol. The second kappa shape index (κ2) is 14.3. The smallest absolute Gasteiger partial charge is 0.321 e. The van der Waals surface area contributed by atoms with Gasteiger partial charge in [0.2, 0.25) is 0 Å². The molecule has 0 spiro atoms. The number of alkyl halides is 2. The van der Waals surface area contributed by atoms with E-state index in [1.54, 1.807) is 54.0 Å². The molecule has 0 radical (unpaired) electrons. The van der Waals surface area contributed by atoms with Gasteiger partial charge in [-0.25, -0.2) is 14.4 Å². The fourth-order valence-electron chi connectivity index (χ4n) is 4.66. The van der Waals surface area contributed by atoms with Crippen molar-refractivity contribution in [2.45, 2.75) is 26.1 Å². The van der Waals surface area contributed by atoms with Crippen LogP contribution in [0.2, 0.25) is 0 Å². The summed E-state index contributed by atoms with van der Waals surface area (Å²) in [6.07, 6.45) is 0.868. The molecule has 0 saturated carbocycles. The Balaban J connectivity index is 0.000000149. The zero-order valence-electron chi connectivity index (χ0n) is 24.2. The fourth-order valence-corrected chi connectivity index (χ4v) is 5.03. The highest BCUT2D eigenvalue weighted by Gasteiger charge is 2.21. The summed E-state index contributed by atoms with van der Waals surface area (Å²) in [6, 6.07) is 18.9. The number of anilines is 3. The van der Waals surface area contributed by atoms with Gasteiger partial charge in [0.25, 0.3) is 0 Å². The van der Waals surface area contributed by atoms with Gasteiger partial charge in [0.15, 0.2) is 5.78 Å². The largest absolute Gasteiger partial charge is 0.323 e. The lowest BCUT2D eigenvalue weighted by atomic mass is 10.0. The van der Waals surface area contributed by atoms with Crippen molar-refractivity contribution >= 4 is 64.1 Å². The van der Waals surface area contributed by atoms with Crippen LogP contribution in [-0.4, -0.2) is 71.5 Å². The third-order valence-electron chi connectivity index (χ3n) is 7.11. The number of nitrogens with one attached hydrogen (secondary N) is 3. The molecule has 0 atom stereocenters. The predicted molar refractivity (Wildman–Crippen MR) is 170 cm³/mol. The summed E-state index contributed by atoms with van der Waals surface area (Å²) in [7, 11) is 5.27. The minimum atomic E-state index is -0.135. The molecule has 0 saturated heterocycles. The molecule has 3 aromatic carbocycles. The van der Waals surface area contributed by atoms with Crippen LogP contribution in [0.15, 0.2) is 60.7 Å². The summed E-state index contributed by atoms with van der Waals surface area (Å²) in [4.78, 5) is 50.2. The number of hydrogen-bond acceptors (Lipinski definition) is 4. The summed E-state index contributed by atoms with van der Waals surface area (Å²) in [5, 5.41) is 8.37. The molecule has 43 heavy (non-hydrogen) atoms. The number of carbonyl (C=O) groups excluding carboxylic acids is 4. The van der Waals surface area contributed by atoms with E-state index < -0.39 is 0 Å². The SMILES string of the molecule is CN1Cc2cc(C(=O)CCl)ccc2NC1=O.CN1Cc2cc(CCCl)ccc2NC1=O.CN1Cc2ccccc2NC1=O. The van der Waals surface area contributed by atoms with E-state index in [-0.39, 0.29) is 29.8 Å². The molecule has 0 aliphatic carbocycles. The molecule has 10 nitrogen and oxygen atoms in total. The maximum absolute atomic E-state index is 11.4. The number of urea groups is 3. The van der Waals surface area contributed by atoms with Crippen molar-refractivity contribution in [3.63, 3.8) is 0 Å². The number of Topliss-reactive ketones (excluding diaryl/α,β-unsaturated/α-hetero) is 1. The number of rotatable bonds is 4. The molecule has 3 heterocycles. The van der Waals surface area contributed by atoms with Gasteiger partial charge in [-0.15, -0.1) is 23.2 Å². The van der Waals surface area contributed by atoms with Crippen LogP contribution in [-0.2, 0) is 26.1 Å². The third-order valence-corrected chi connectivity index (χ3v) is 7.54. The van der Waals surface area contributed by atoms with E-state index in [1.807, 2.05) is 36.4 Å². The molecule has 6 rings (SSSR count). The van der Waals surface area contributed by atoms with E-state index in [4.69, 9.17) is 23.2 Å². The fraction of sp³-hybridized carbons (Fsp3) is 0.290. The van der Waals surface area contributed by atoms with Crippen molar-refractivity contribution in [2.75, 3.05) is 48.9 Å². The van der Waals surface area contributed by atoms with Gasteiger partial charge in [-0.1, -0.05) is 30.3 Å². The molecule has 0 aromatic heterocycles. The van der Waals surface area contributed by atoms with Gasteiger partial charge in [0.05, 0.1) is 5.88 Å². The number of ketones is 1. The van der Waals surface area contributed by atoms with Crippen LogP contribution in [0.3, 0.4) is 0 Å². The summed E-state index contributed by atoms with van der Waals surface area (Å²) in [5.41, 5.74) is 7.65. The summed E-state index contributed by atoms with van der Waals surface area (Å²) < 4.78 is 0. The number of carbonyl (C=O) groups is 4. The van der Waals surface area contributed by atoms with E-state index in [9.17, 15) is 19.2 Å². The van der Waals surface area contributed by atoms with Gasteiger partial charge in [0, 0.05) is 69.3 Å². The Hall–Kier alpha value is -4.28. The standard InChI is InChI=1S/C11H11ClN2O2.C11H13ClN2O.C9H10N2O/c1-14-6-8-4-7(10(15)5-12)2-3-9(8)13-11(14)16;1-14-7-9-6-8(4-5-12)2-3-10(9)13-11(14)15;1-11-6-7-4-2-3-5-8(7)10-9(11)12/h2-4H,5-6H2,1H3,(H,13,16);2-3,6H,4-5,7H2,1H3,(H,13,15);2-5H,6H2,1H3,(H,10,12). The summed E-state index contributed by atoms with van der Waals surface area (Å²) >= 11 is 11.2. The number of para-hydroxylation sites is 1. The van der Waals surface area contributed by atoms with Gasteiger partial charge in [0.1, 0.15) is 0 Å². The van der Waals surface area contributed by atoms with Crippen molar-refractivity contribution < 1.29 is 19.2 Å². The third kappa shape index (κ3) is 7.97. The quantitative estimate of drug-likeness (QED) is 0.237. The van der Waals surface area contributed by atoms with Crippen LogP contribution in [0.1, 0.15) is 32.6 Å². The topological polar surface area (TPSA) is 114 Å². The molecule has 12 heteroatoms. The van der Waals surface area contributed by atoms with Gasteiger partial charge >= 0.3 is 18.1 Å². The van der Waals surface area contributed by atoms with Crippen molar-refractivity contribution in [3.05, 3.63) is 88.5 Å². The molecule has 3 aromatic rings. The number of nitrogens with zero attached hydrogens (tertiary/aromatic N) is 3. The molecule has 3 aliphatic heterocycles. The Morgan fingerprint density at radius 2 is 1.16 bits per heavy atom. The molecule has 6 amide bonds. The summed E-state index contributed by atoms with van der Waals surface area (Å²) in [6.45, 7) is 1.86. The minimum Gasteiger partial charge on any atom is -0.323 e. The molecule has 226 valence electrons. The van der Waals surface area contributed by atoms with E-state index in [0.717, 1.165) is 34.6 Å². The van der Waals surface area contributed by atoms with Crippen LogP contribution in [0.25, 0.3) is 0 Å². The first-order valence-electron chi connectivity index (χ1n) is 13.6. The van der Waals surface area contributed by atoms with Crippen molar-refractivity contribution in [3.8, 4) is 0 Å². The number of halogens is 2. The lowest BCUT2D eigenvalue weighted by Crippen LogP contribution is -2.35. The van der Waals surface area contributed by atoms with E-state index in [2.05, 4.69) is 22.0 Å². The Labute approximate surface area is 260 Å². The summed E-state index contributed by atoms with van der Waals surface area (Å²) in [5.74, 6) is 0.492. The minimum absolute atomic E-state index is 0.0268. The predicted octanol–water partition coefficient (Wildman–Crippen LogP) is 6.19. The molecule has 0 unspecified atom stereocenters. The number of aryl methyl sites for hydroxylation is 1. The molecule has 3 N–H and O–H groups in total. The molecule has 0 bridgehead atoms. The normalized spacial score (nSPS) is 14.8. The molecule has 0 fully saturated rings. The average molecular weight is 626 g/mol. The van der Waals surface area contributed by atoms with Gasteiger partial charge in [-0.05, 0) is 59.0 Å². The molecule has 3 aliphatic rings.